The summed E-state index contributed by atoms with van der Waals surface area (Å²) in [4.78, 5) is 24.5. The van der Waals surface area contributed by atoms with Gasteiger partial charge in [-0.15, -0.1) is 0 Å². The van der Waals surface area contributed by atoms with Gasteiger partial charge in [-0.2, -0.15) is 0 Å². The Hall–Kier alpha value is -1.30. The zero-order valence-corrected chi connectivity index (χ0v) is 11.1. The number of rotatable bonds is 4. The van der Waals surface area contributed by atoms with Crippen LogP contribution in [-0.4, -0.2) is 52.3 Å². The Morgan fingerprint density at radius 3 is 2.33 bits per heavy atom. The van der Waals surface area contributed by atoms with E-state index in [1.807, 2.05) is 0 Å². The average Bonchev–Trinajstić information content (AvgIpc) is 2.73. The van der Waals surface area contributed by atoms with E-state index in [4.69, 9.17) is 5.11 Å². The second-order valence-corrected chi connectivity index (χ2v) is 5.24. The minimum absolute atomic E-state index is 0.0816. The topological polar surface area (TPSA) is 89.9 Å². The van der Waals surface area contributed by atoms with Crippen molar-refractivity contribution in [3.63, 3.8) is 0 Å². The first-order chi connectivity index (χ1) is 8.32. The van der Waals surface area contributed by atoms with Crippen LogP contribution in [0.1, 0.15) is 27.2 Å². The predicted octanol–water partition coefficient (Wildman–Crippen LogP) is 0.508. The molecular formula is C12H22N2O4. The van der Waals surface area contributed by atoms with Crippen LogP contribution in [0.2, 0.25) is 0 Å². The van der Waals surface area contributed by atoms with Gasteiger partial charge in [-0.05, 0) is 19.3 Å². The number of aliphatic carboxylic acids is 1. The number of amides is 2. The molecule has 18 heavy (non-hydrogen) atoms. The monoisotopic (exact) mass is 258 g/mol. The third-order valence-electron chi connectivity index (χ3n) is 3.41. The van der Waals surface area contributed by atoms with E-state index in [0.717, 1.165) is 6.42 Å². The summed E-state index contributed by atoms with van der Waals surface area (Å²) in [5.74, 6) is -1.11. The molecule has 1 heterocycles. The van der Waals surface area contributed by atoms with Gasteiger partial charge < -0.3 is 20.4 Å². The number of carboxylic acids is 1. The normalized spacial score (nSPS) is 22.9. The highest BCUT2D eigenvalue weighted by Crippen LogP contribution is 2.19. The van der Waals surface area contributed by atoms with Crippen LogP contribution in [0.4, 0.5) is 4.79 Å². The van der Waals surface area contributed by atoms with Crippen LogP contribution < -0.4 is 5.32 Å². The zero-order valence-electron chi connectivity index (χ0n) is 11.1. The molecule has 1 saturated heterocycles. The maximum absolute atomic E-state index is 11.9. The van der Waals surface area contributed by atoms with E-state index in [1.54, 1.807) is 25.7 Å². The standard InChI is InChI=1S/C12H22N2O4/c1-7(2)10(11(16)17)13-12(18)14-5-4-9(6-14)8(3)15/h7-10,15H,4-6H2,1-3H3,(H,13,18)(H,16,17). The van der Waals surface area contributed by atoms with Gasteiger partial charge in [0.1, 0.15) is 6.04 Å². The molecule has 1 aliphatic rings. The highest BCUT2D eigenvalue weighted by Gasteiger charge is 2.31. The first-order valence-electron chi connectivity index (χ1n) is 6.29. The lowest BCUT2D eigenvalue weighted by Crippen LogP contribution is -2.49. The lowest BCUT2D eigenvalue weighted by molar-refractivity contribution is -0.140. The van der Waals surface area contributed by atoms with Gasteiger partial charge in [0.05, 0.1) is 6.10 Å². The van der Waals surface area contributed by atoms with Gasteiger partial charge in [0.15, 0.2) is 0 Å². The Labute approximate surface area is 107 Å². The number of hydrogen-bond donors (Lipinski definition) is 3. The molecule has 3 unspecified atom stereocenters. The van der Waals surface area contributed by atoms with Crippen LogP contribution in [0.3, 0.4) is 0 Å². The molecule has 1 rings (SSSR count). The van der Waals surface area contributed by atoms with E-state index in [2.05, 4.69) is 5.32 Å². The molecule has 0 saturated carbocycles. The summed E-state index contributed by atoms with van der Waals surface area (Å²) in [6.07, 6.45) is 0.313. The minimum atomic E-state index is -1.02. The summed E-state index contributed by atoms with van der Waals surface area (Å²) < 4.78 is 0. The Morgan fingerprint density at radius 2 is 1.94 bits per heavy atom. The molecule has 3 N–H and O–H groups in total. The van der Waals surface area contributed by atoms with E-state index in [0.29, 0.717) is 13.1 Å². The number of hydrogen-bond acceptors (Lipinski definition) is 3. The number of aliphatic hydroxyl groups excluding tert-OH is 1. The summed E-state index contributed by atoms with van der Waals surface area (Å²) in [5, 5.41) is 21.0. The van der Waals surface area contributed by atoms with Crippen molar-refractivity contribution in [3.05, 3.63) is 0 Å². The SMILES string of the molecule is CC(C)C(NC(=O)N1CCC(C(C)O)C1)C(=O)O. The number of nitrogens with zero attached hydrogens (tertiary/aromatic N) is 1. The van der Waals surface area contributed by atoms with Crippen molar-refractivity contribution in [2.24, 2.45) is 11.8 Å². The van der Waals surface area contributed by atoms with Crippen LogP contribution in [0, 0.1) is 11.8 Å². The van der Waals surface area contributed by atoms with Crippen molar-refractivity contribution in [2.45, 2.75) is 39.3 Å². The number of nitrogens with one attached hydrogen (secondary N) is 1. The van der Waals surface area contributed by atoms with E-state index < -0.39 is 18.1 Å². The molecule has 6 heteroatoms. The number of carbonyl (C=O) groups excluding carboxylic acids is 1. The fourth-order valence-electron chi connectivity index (χ4n) is 2.10. The molecule has 104 valence electrons. The summed E-state index contributed by atoms with van der Waals surface area (Å²) in [6.45, 7) is 6.25. The highest BCUT2D eigenvalue weighted by atomic mass is 16.4. The molecule has 3 atom stereocenters. The molecule has 2 amide bonds. The van der Waals surface area contributed by atoms with Crippen LogP contribution in [0.15, 0.2) is 0 Å². The maximum Gasteiger partial charge on any atom is 0.326 e. The van der Waals surface area contributed by atoms with Gasteiger partial charge in [-0.3, -0.25) is 0 Å². The molecule has 0 aromatic rings. The van der Waals surface area contributed by atoms with Gasteiger partial charge in [0, 0.05) is 19.0 Å². The number of urea groups is 1. The smallest absolute Gasteiger partial charge is 0.326 e. The lowest BCUT2D eigenvalue weighted by Gasteiger charge is -2.23. The molecule has 0 bridgehead atoms. The molecule has 1 aliphatic heterocycles. The summed E-state index contributed by atoms with van der Waals surface area (Å²) in [7, 11) is 0. The average molecular weight is 258 g/mol. The summed E-state index contributed by atoms with van der Waals surface area (Å²) >= 11 is 0. The fraction of sp³-hybridized carbons (Fsp3) is 0.833. The second kappa shape index (κ2) is 6.04. The first-order valence-corrected chi connectivity index (χ1v) is 6.29. The molecule has 1 fully saturated rings. The maximum atomic E-state index is 11.9. The van der Waals surface area contributed by atoms with Gasteiger partial charge >= 0.3 is 12.0 Å². The molecule has 0 aliphatic carbocycles. The highest BCUT2D eigenvalue weighted by molar-refractivity contribution is 5.82. The number of carbonyl (C=O) groups is 2. The second-order valence-electron chi connectivity index (χ2n) is 5.24. The van der Waals surface area contributed by atoms with Crippen molar-refractivity contribution in [1.29, 1.82) is 0 Å². The third kappa shape index (κ3) is 3.60. The van der Waals surface area contributed by atoms with Gasteiger partial charge in [-0.25, -0.2) is 9.59 Å². The number of likely N-dealkylation sites (tertiary alicyclic amines) is 1. The van der Waals surface area contributed by atoms with Crippen LogP contribution >= 0.6 is 0 Å². The van der Waals surface area contributed by atoms with Crippen LogP contribution in [-0.2, 0) is 4.79 Å². The molecule has 0 spiro atoms. The number of carboxylic acid groups (broad SMARTS) is 1. The van der Waals surface area contributed by atoms with Gasteiger partial charge in [-0.1, -0.05) is 13.8 Å². The van der Waals surface area contributed by atoms with Crippen LogP contribution in [0.25, 0.3) is 0 Å². The molecule has 0 aromatic heterocycles. The van der Waals surface area contributed by atoms with E-state index in [9.17, 15) is 14.7 Å². The summed E-state index contributed by atoms with van der Waals surface area (Å²) in [5.41, 5.74) is 0. The Balaban J connectivity index is 2.53. The van der Waals surface area contributed by atoms with Crippen molar-refractivity contribution in [2.75, 3.05) is 13.1 Å². The predicted molar refractivity (Wildman–Crippen MR) is 66.2 cm³/mol. The van der Waals surface area contributed by atoms with Gasteiger partial charge in [0.25, 0.3) is 0 Å². The van der Waals surface area contributed by atoms with Gasteiger partial charge in [0.2, 0.25) is 0 Å². The van der Waals surface area contributed by atoms with Crippen molar-refractivity contribution >= 4 is 12.0 Å². The van der Waals surface area contributed by atoms with Crippen molar-refractivity contribution < 1.29 is 19.8 Å². The molecular weight excluding hydrogens is 236 g/mol. The zero-order chi connectivity index (χ0) is 13.9. The van der Waals surface area contributed by atoms with Crippen molar-refractivity contribution in [3.8, 4) is 0 Å². The van der Waals surface area contributed by atoms with Crippen molar-refractivity contribution in [1.82, 2.24) is 10.2 Å². The minimum Gasteiger partial charge on any atom is -0.480 e. The quantitative estimate of drug-likeness (QED) is 0.685. The Morgan fingerprint density at radius 1 is 1.33 bits per heavy atom. The van der Waals surface area contributed by atoms with E-state index in [1.165, 1.54) is 0 Å². The first kappa shape index (κ1) is 14.8. The number of aliphatic hydroxyl groups is 1. The Bertz CT molecular complexity index is 317. The van der Waals surface area contributed by atoms with Crippen LogP contribution in [0.5, 0.6) is 0 Å². The largest absolute Gasteiger partial charge is 0.480 e. The lowest BCUT2D eigenvalue weighted by atomic mass is 10.0. The van der Waals surface area contributed by atoms with E-state index >= 15 is 0 Å². The molecule has 6 nitrogen and oxygen atoms in total. The fourth-order valence-corrected chi connectivity index (χ4v) is 2.10. The molecule has 0 radical (unpaired) electrons. The van der Waals surface area contributed by atoms with E-state index in [-0.39, 0.29) is 17.9 Å². The molecule has 0 aromatic carbocycles. The third-order valence-corrected chi connectivity index (χ3v) is 3.41. The summed E-state index contributed by atoms with van der Waals surface area (Å²) in [6, 6.07) is -1.23. The Kier molecular flexibility index (Phi) is 4.95.